The van der Waals surface area contributed by atoms with E-state index in [9.17, 15) is 0 Å². The first kappa shape index (κ1) is 22.5. The summed E-state index contributed by atoms with van der Waals surface area (Å²) in [6.07, 6.45) is 6.10. The van der Waals surface area contributed by atoms with Gasteiger partial charge in [0, 0.05) is 38.3 Å². The Balaban J connectivity index is 1.58. The molecule has 2 aliphatic heterocycles. The average Bonchev–Trinajstić information content (AvgIpc) is 2.70. The second kappa shape index (κ2) is 10.8. The number of ether oxygens (including phenoxy) is 1. The van der Waals surface area contributed by atoms with Crippen molar-refractivity contribution in [1.29, 1.82) is 0 Å². The Morgan fingerprint density at radius 1 is 1.10 bits per heavy atom. The number of aliphatic hydroxyl groups excluding tert-OH is 1. The molecule has 5 heteroatoms. The molecular formula is C24H41N3O2. The minimum atomic E-state index is 0.230. The lowest BCUT2D eigenvalue weighted by Gasteiger charge is -2.48. The fourth-order valence-electron chi connectivity index (χ4n) is 5.02. The largest absolute Gasteiger partial charge is 0.493 e. The minimum absolute atomic E-state index is 0.230. The molecule has 0 aromatic heterocycles. The highest BCUT2D eigenvalue weighted by molar-refractivity contribution is 5.45. The van der Waals surface area contributed by atoms with Gasteiger partial charge in [-0.1, -0.05) is 6.07 Å². The number of fused-ring (bicyclic) bond motifs is 1. The zero-order valence-corrected chi connectivity index (χ0v) is 19.0. The van der Waals surface area contributed by atoms with E-state index >= 15 is 0 Å². The fourth-order valence-corrected chi connectivity index (χ4v) is 5.02. The maximum Gasteiger partial charge on any atom is 0.122 e. The number of unbranched alkanes of at least 4 members (excludes halogenated alkanes) is 1. The lowest BCUT2D eigenvalue weighted by molar-refractivity contribution is 0.0183. The zero-order valence-electron chi connectivity index (χ0n) is 19.0. The van der Waals surface area contributed by atoms with Gasteiger partial charge in [0.1, 0.15) is 5.75 Å². The number of aliphatic hydroxyl groups is 1. The normalized spacial score (nSPS) is 23.4. The predicted molar refractivity (Wildman–Crippen MR) is 120 cm³/mol. The Hall–Kier alpha value is -1.14. The molecule has 2 unspecified atom stereocenters. The number of benzene rings is 1. The summed E-state index contributed by atoms with van der Waals surface area (Å²) in [6, 6.07) is 5.82. The van der Waals surface area contributed by atoms with E-state index in [4.69, 9.17) is 9.84 Å². The van der Waals surface area contributed by atoms with E-state index in [2.05, 4.69) is 54.8 Å². The first-order valence-corrected chi connectivity index (χ1v) is 11.5. The Kier molecular flexibility index (Phi) is 8.36. The van der Waals surface area contributed by atoms with Crippen LogP contribution in [0.1, 0.15) is 54.8 Å². The van der Waals surface area contributed by atoms with E-state index in [0.717, 1.165) is 38.3 Å². The Morgan fingerprint density at radius 2 is 1.93 bits per heavy atom. The van der Waals surface area contributed by atoms with Gasteiger partial charge in [0.15, 0.2) is 0 Å². The van der Waals surface area contributed by atoms with Crippen molar-refractivity contribution in [2.45, 2.75) is 58.0 Å². The number of rotatable bonds is 9. The smallest absolute Gasteiger partial charge is 0.122 e. The highest BCUT2D eigenvalue weighted by atomic mass is 16.5. The molecule has 1 N–H and O–H groups in total. The average molecular weight is 404 g/mol. The molecule has 0 spiro atoms. The topological polar surface area (TPSA) is 39.2 Å². The highest BCUT2D eigenvalue weighted by Gasteiger charge is 2.35. The quantitative estimate of drug-likeness (QED) is 0.641. The molecule has 1 aromatic rings. The monoisotopic (exact) mass is 403 g/mol. The van der Waals surface area contributed by atoms with E-state index in [0.29, 0.717) is 12.1 Å². The van der Waals surface area contributed by atoms with Crippen LogP contribution in [0, 0.1) is 13.8 Å². The molecule has 2 heterocycles. The number of piperidine rings is 1. The van der Waals surface area contributed by atoms with Gasteiger partial charge in [-0.05, 0) is 89.3 Å². The third kappa shape index (κ3) is 5.72. The van der Waals surface area contributed by atoms with Crippen molar-refractivity contribution < 1.29 is 9.84 Å². The molecule has 2 aliphatic rings. The van der Waals surface area contributed by atoms with Crippen molar-refractivity contribution in [1.82, 2.24) is 14.7 Å². The summed E-state index contributed by atoms with van der Waals surface area (Å²) in [7, 11) is 4.31. The molecular weight excluding hydrogens is 362 g/mol. The summed E-state index contributed by atoms with van der Waals surface area (Å²) in [5.74, 6) is 1.04. The first-order chi connectivity index (χ1) is 14.0. The molecule has 0 radical (unpaired) electrons. The summed E-state index contributed by atoms with van der Waals surface area (Å²) < 4.78 is 6.13. The molecule has 0 aliphatic carbocycles. The summed E-state index contributed by atoms with van der Waals surface area (Å²) in [5, 5.41) is 8.97. The van der Waals surface area contributed by atoms with E-state index in [1.165, 1.54) is 55.6 Å². The van der Waals surface area contributed by atoms with Gasteiger partial charge in [-0.15, -0.1) is 0 Å². The third-order valence-corrected chi connectivity index (χ3v) is 6.96. The summed E-state index contributed by atoms with van der Waals surface area (Å²) >= 11 is 0. The number of likely N-dealkylation sites (N-methyl/N-ethyl adjacent to an activating group) is 2. The van der Waals surface area contributed by atoms with Gasteiger partial charge in [0.25, 0.3) is 0 Å². The fraction of sp³-hybridized carbons (Fsp3) is 0.750. The van der Waals surface area contributed by atoms with Crippen molar-refractivity contribution >= 4 is 0 Å². The van der Waals surface area contributed by atoms with Gasteiger partial charge in [0.2, 0.25) is 0 Å². The van der Waals surface area contributed by atoms with Crippen LogP contribution in [0.15, 0.2) is 12.1 Å². The van der Waals surface area contributed by atoms with Gasteiger partial charge in [0.05, 0.1) is 13.2 Å². The molecule has 2 fully saturated rings. The second-order valence-electron chi connectivity index (χ2n) is 9.09. The van der Waals surface area contributed by atoms with E-state index < -0.39 is 0 Å². The molecule has 2 atom stereocenters. The van der Waals surface area contributed by atoms with Crippen molar-refractivity contribution in [2.75, 3.05) is 60.0 Å². The maximum absolute atomic E-state index is 8.97. The van der Waals surface area contributed by atoms with E-state index in [1.807, 2.05) is 0 Å². The number of piperazine rings is 1. The summed E-state index contributed by atoms with van der Waals surface area (Å²) in [6.45, 7) is 10.8. The van der Waals surface area contributed by atoms with Crippen LogP contribution in [0.25, 0.3) is 0 Å². The highest BCUT2D eigenvalue weighted by Crippen LogP contribution is 2.39. The molecule has 0 saturated carbocycles. The number of hydrogen-bond acceptors (Lipinski definition) is 5. The Bertz CT molecular complexity index is 651. The van der Waals surface area contributed by atoms with Crippen LogP contribution >= 0.6 is 0 Å². The van der Waals surface area contributed by atoms with Gasteiger partial charge >= 0.3 is 0 Å². The lowest BCUT2D eigenvalue weighted by Crippen LogP contribution is -2.54. The van der Waals surface area contributed by atoms with Gasteiger partial charge < -0.3 is 19.6 Å². The van der Waals surface area contributed by atoms with Crippen molar-refractivity contribution in [3.05, 3.63) is 28.8 Å². The second-order valence-corrected chi connectivity index (χ2v) is 9.09. The number of hydrogen-bond donors (Lipinski definition) is 1. The van der Waals surface area contributed by atoms with Crippen molar-refractivity contribution in [3.63, 3.8) is 0 Å². The van der Waals surface area contributed by atoms with E-state index in [1.54, 1.807) is 0 Å². The molecule has 3 rings (SSSR count). The van der Waals surface area contributed by atoms with Crippen LogP contribution in [0.4, 0.5) is 0 Å². The predicted octanol–water partition coefficient (Wildman–Crippen LogP) is 3.23. The number of nitrogens with zero attached hydrogens (tertiary/aromatic N) is 3. The molecule has 164 valence electrons. The first-order valence-electron chi connectivity index (χ1n) is 11.5. The molecule has 2 saturated heterocycles. The van der Waals surface area contributed by atoms with Crippen LogP contribution in [0.5, 0.6) is 5.75 Å². The van der Waals surface area contributed by atoms with Crippen molar-refractivity contribution in [2.24, 2.45) is 0 Å². The standard InChI is InChI=1S/C24H41N3O2/c1-19-20(2)24(29-17-6-5-12-25(3)15-16-28)11-10-22(19)23-9-7-8-21-18-26(4)13-14-27(21)23/h10-11,21,23,28H,5-9,12-18H2,1-4H3. The van der Waals surface area contributed by atoms with Crippen LogP contribution in [-0.2, 0) is 0 Å². The Labute approximate surface area is 177 Å². The Morgan fingerprint density at radius 3 is 2.72 bits per heavy atom. The van der Waals surface area contributed by atoms with Gasteiger partial charge in [-0.3, -0.25) is 4.90 Å². The van der Waals surface area contributed by atoms with Gasteiger partial charge in [-0.2, -0.15) is 0 Å². The van der Waals surface area contributed by atoms with Crippen LogP contribution in [0.3, 0.4) is 0 Å². The zero-order chi connectivity index (χ0) is 20.8. The van der Waals surface area contributed by atoms with Crippen LogP contribution in [0.2, 0.25) is 0 Å². The SMILES string of the molecule is Cc1c(OCCCCN(C)CCO)ccc(C2CCCC3CN(C)CCN32)c1C. The van der Waals surface area contributed by atoms with E-state index in [-0.39, 0.29) is 6.61 Å². The molecule has 5 nitrogen and oxygen atoms in total. The lowest BCUT2D eigenvalue weighted by atomic mass is 9.86. The van der Waals surface area contributed by atoms with Gasteiger partial charge in [-0.25, -0.2) is 0 Å². The maximum atomic E-state index is 8.97. The molecule has 29 heavy (non-hydrogen) atoms. The third-order valence-electron chi connectivity index (χ3n) is 6.96. The van der Waals surface area contributed by atoms with Crippen molar-refractivity contribution in [3.8, 4) is 5.75 Å². The minimum Gasteiger partial charge on any atom is -0.493 e. The molecule has 0 bridgehead atoms. The molecule has 0 amide bonds. The summed E-state index contributed by atoms with van der Waals surface area (Å²) in [5.41, 5.74) is 4.22. The summed E-state index contributed by atoms with van der Waals surface area (Å²) in [4.78, 5) is 7.43. The molecule has 1 aromatic carbocycles. The van der Waals surface area contributed by atoms with Crippen LogP contribution in [-0.4, -0.2) is 85.9 Å². The van der Waals surface area contributed by atoms with Crippen LogP contribution < -0.4 is 4.74 Å².